The molecule has 0 unspecified atom stereocenters. The van der Waals surface area contributed by atoms with Crippen LogP contribution < -0.4 is 5.32 Å². The molecule has 29 heavy (non-hydrogen) atoms. The van der Waals surface area contributed by atoms with Gasteiger partial charge in [0.1, 0.15) is 4.90 Å². The molecule has 0 aromatic heterocycles. The highest BCUT2D eigenvalue weighted by molar-refractivity contribution is 7.86. The Morgan fingerprint density at radius 1 is 0.931 bits per heavy atom. The van der Waals surface area contributed by atoms with E-state index >= 15 is 0 Å². The van der Waals surface area contributed by atoms with E-state index in [4.69, 9.17) is 16.2 Å². The zero-order valence-electron chi connectivity index (χ0n) is 13.6. The van der Waals surface area contributed by atoms with Gasteiger partial charge in [0.25, 0.3) is 16.0 Å². The van der Waals surface area contributed by atoms with Gasteiger partial charge in [-0.25, -0.2) is 0 Å². The summed E-state index contributed by atoms with van der Waals surface area (Å²) in [5.74, 6) is -2.77. The van der Waals surface area contributed by atoms with Gasteiger partial charge in [-0.05, 0) is 30.3 Å². The summed E-state index contributed by atoms with van der Waals surface area (Å²) in [6.07, 6.45) is -10.4. The predicted octanol–water partition coefficient (Wildman–Crippen LogP) is 4.58. The number of halogens is 7. The lowest BCUT2D eigenvalue weighted by atomic mass is 10.0. The number of carbonyl (C=O) groups is 1. The van der Waals surface area contributed by atoms with E-state index in [9.17, 15) is 44.7 Å². The van der Waals surface area contributed by atoms with E-state index in [0.717, 1.165) is 6.07 Å². The van der Waals surface area contributed by atoms with Crippen molar-refractivity contribution in [3.05, 3.63) is 52.0 Å². The van der Waals surface area contributed by atoms with Gasteiger partial charge in [-0.3, -0.25) is 9.35 Å². The third-order valence-corrected chi connectivity index (χ3v) is 4.50. The molecule has 158 valence electrons. The van der Waals surface area contributed by atoms with Crippen molar-refractivity contribution >= 4 is 33.3 Å². The number of amides is 1. The van der Waals surface area contributed by atoms with Gasteiger partial charge in [0, 0.05) is 10.6 Å². The number of hydrogen-bond donors (Lipinski definition) is 3. The van der Waals surface area contributed by atoms with E-state index in [2.05, 4.69) is 0 Å². The van der Waals surface area contributed by atoms with Crippen molar-refractivity contribution in [3.8, 4) is 5.75 Å². The SMILES string of the molecule is O=C(Nc1cc(Cl)cc(S(=O)(=O)O)c1O)c1cc(C(F)(F)F)cc(C(F)(F)F)c1. The normalized spacial score (nSPS) is 12.7. The highest BCUT2D eigenvalue weighted by Crippen LogP contribution is 2.38. The van der Waals surface area contributed by atoms with Gasteiger partial charge < -0.3 is 10.4 Å². The summed E-state index contributed by atoms with van der Waals surface area (Å²) in [7, 11) is -5.01. The van der Waals surface area contributed by atoms with Crippen LogP contribution >= 0.6 is 11.6 Å². The first-order chi connectivity index (χ1) is 13.0. The number of alkyl halides is 6. The average molecular weight is 464 g/mol. The lowest BCUT2D eigenvalue weighted by Crippen LogP contribution is -2.17. The highest BCUT2D eigenvalue weighted by Gasteiger charge is 2.37. The van der Waals surface area contributed by atoms with Gasteiger partial charge in [0.15, 0.2) is 5.75 Å². The zero-order chi connectivity index (χ0) is 22.4. The van der Waals surface area contributed by atoms with Crippen LogP contribution in [0.2, 0.25) is 5.02 Å². The first-order valence-corrected chi connectivity index (χ1v) is 8.93. The first-order valence-electron chi connectivity index (χ1n) is 7.11. The second kappa shape index (κ2) is 7.39. The molecular formula is C15H8ClF6NO5S. The molecular weight excluding hydrogens is 456 g/mol. The maximum Gasteiger partial charge on any atom is 0.416 e. The van der Waals surface area contributed by atoms with E-state index in [0.29, 0.717) is 6.07 Å². The summed E-state index contributed by atoms with van der Waals surface area (Å²) in [5, 5.41) is 11.2. The molecule has 6 nitrogen and oxygen atoms in total. The smallest absolute Gasteiger partial charge is 0.416 e. The van der Waals surface area contributed by atoms with E-state index in [1.165, 1.54) is 0 Å². The molecule has 0 heterocycles. The highest BCUT2D eigenvalue weighted by atomic mass is 35.5. The van der Waals surface area contributed by atoms with Crippen LogP contribution in [-0.4, -0.2) is 24.0 Å². The van der Waals surface area contributed by atoms with Crippen molar-refractivity contribution in [1.29, 1.82) is 0 Å². The van der Waals surface area contributed by atoms with Gasteiger partial charge in [0.05, 0.1) is 16.8 Å². The van der Waals surface area contributed by atoms with Crippen LogP contribution in [0.15, 0.2) is 35.2 Å². The quantitative estimate of drug-likeness (QED) is 0.351. The minimum absolute atomic E-state index is 0.135. The van der Waals surface area contributed by atoms with Gasteiger partial charge in [0.2, 0.25) is 0 Å². The Hall–Kier alpha value is -2.51. The van der Waals surface area contributed by atoms with Crippen LogP contribution in [-0.2, 0) is 22.5 Å². The van der Waals surface area contributed by atoms with E-state index < -0.39 is 66.4 Å². The summed E-state index contributed by atoms with van der Waals surface area (Å²) in [5.41, 5.74) is -5.38. The van der Waals surface area contributed by atoms with Crippen molar-refractivity contribution in [1.82, 2.24) is 0 Å². The number of anilines is 1. The largest absolute Gasteiger partial charge is 0.504 e. The van der Waals surface area contributed by atoms with Crippen molar-refractivity contribution in [3.63, 3.8) is 0 Å². The van der Waals surface area contributed by atoms with E-state index in [1.807, 2.05) is 0 Å². The minimum Gasteiger partial charge on any atom is -0.504 e. The number of hydrogen-bond acceptors (Lipinski definition) is 4. The van der Waals surface area contributed by atoms with Crippen LogP contribution in [0.4, 0.5) is 32.0 Å². The fourth-order valence-electron chi connectivity index (χ4n) is 2.15. The average Bonchev–Trinajstić information content (AvgIpc) is 2.54. The summed E-state index contributed by atoms with van der Waals surface area (Å²) in [4.78, 5) is 11.0. The van der Waals surface area contributed by atoms with Crippen molar-refractivity contribution in [2.24, 2.45) is 0 Å². The molecule has 2 rings (SSSR count). The van der Waals surface area contributed by atoms with Gasteiger partial charge in [-0.15, -0.1) is 0 Å². The molecule has 0 spiro atoms. The lowest BCUT2D eigenvalue weighted by molar-refractivity contribution is -0.143. The Bertz CT molecular complexity index is 1050. The van der Waals surface area contributed by atoms with Crippen LogP contribution in [0.5, 0.6) is 5.75 Å². The van der Waals surface area contributed by atoms with Crippen molar-refractivity contribution in [2.75, 3.05) is 5.32 Å². The third kappa shape index (κ3) is 5.31. The van der Waals surface area contributed by atoms with Crippen LogP contribution in [0.1, 0.15) is 21.5 Å². The maximum absolute atomic E-state index is 12.9. The van der Waals surface area contributed by atoms with Gasteiger partial charge >= 0.3 is 12.4 Å². The second-order valence-electron chi connectivity index (χ2n) is 5.52. The maximum atomic E-state index is 12.9. The Balaban J connectivity index is 2.56. The molecule has 1 amide bonds. The van der Waals surface area contributed by atoms with Gasteiger partial charge in [-0.1, -0.05) is 11.6 Å². The number of nitrogens with one attached hydrogen (secondary N) is 1. The fraction of sp³-hybridized carbons (Fsp3) is 0.133. The second-order valence-corrected chi connectivity index (χ2v) is 7.35. The number of carbonyl (C=O) groups excluding carboxylic acids is 1. The molecule has 0 aliphatic heterocycles. The Kier molecular flexibility index (Phi) is 5.80. The number of benzene rings is 2. The lowest BCUT2D eigenvalue weighted by Gasteiger charge is -2.15. The van der Waals surface area contributed by atoms with E-state index in [1.54, 1.807) is 5.32 Å². The van der Waals surface area contributed by atoms with Crippen molar-refractivity contribution in [2.45, 2.75) is 17.2 Å². The molecule has 2 aromatic rings. The summed E-state index contributed by atoms with van der Waals surface area (Å²) >= 11 is 5.59. The number of aromatic hydroxyl groups is 1. The third-order valence-electron chi connectivity index (χ3n) is 3.42. The monoisotopic (exact) mass is 463 g/mol. The zero-order valence-corrected chi connectivity index (χ0v) is 15.1. The molecule has 0 saturated carbocycles. The molecule has 3 N–H and O–H groups in total. The number of phenols is 1. The van der Waals surface area contributed by atoms with Crippen LogP contribution in [0.3, 0.4) is 0 Å². The Morgan fingerprint density at radius 3 is 1.83 bits per heavy atom. The molecule has 0 bridgehead atoms. The summed E-state index contributed by atoms with van der Waals surface area (Å²) in [6, 6.07) is 1.45. The number of rotatable bonds is 3. The fourth-order valence-corrected chi connectivity index (χ4v) is 3.06. The topological polar surface area (TPSA) is 104 Å². The molecule has 0 aliphatic rings. The standard InChI is InChI=1S/C15H8ClF6NO5S/c16-9-4-10(12(24)11(5-9)29(26,27)28)23-13(25)6-1-7(14(17,18)19)3-8(2-6)15(20,21)22/h1-5,24H,(H,23,25)(H,26,27,28). The molecule has 0 aliphatic carbocycles. The molecule has 0 atom stereocenters. The minimum atomic E-state index is -5.20. The summed E-state index contributed by atoms with van der Waals surface area (Å²) < 4.78 is 109. The van der Waals surface area contributed by atoms with Crippen LogP contribution in [0, 0.1) is 0 Å². The number of phenolic OH excluding ortho intramolecular Hbond substituents is 1. The molecule has 2 aromatic carbocycles. The van der Waals surface area contributed by atoms with Crippen molar-refractivity contribution < 1.29 is 49.2 Å². The van der Waals surface area contributed by atoms with Crippen LogP contribution in [0.25, 0.3) is 0 Å². The Labute approximate surface area is 163 Å². The Morgan fingerprint density at radius 2 is 1.41 bits per heavy atom. The first kappa shape index (κ1) is 22.8. The summed E-state index contributed by atoms with van der Waals surface area (Å²) in [6.45, 7) is 0. The predicted molar refractivity (Wildman–Crippen MR) is 87.3 cm³/mol. The molecule has 14 heteroatoms. The molecule has 0 saturated heterocycles. The van der Waals surface area contributed by atoms with E-state index in [-0.39, 0.29) is 18.2 Å². The molecule has 0 fully saturated rings. The van der Waals surface area contributed by atoms with Gasteiger partial charge in [-0.2, -0.15) is 34.8 Å². The molecule has 0 radical (unpaired) electrons.